The van der Waals surface area contributed by atoms with E-state index in [4.69, 9.17) is 9.84 Å². The van der Waals surface area contributed by atoms with Gasteiger partial charge in [-0.2, -0.15) is 0 Å². The number of carboxylic acid groups (broad SMARTS) is 1. The number of carbonyl (C=O) groups is 1. The highest BCUT2D eigenvalue weighted by atomic mass is 19.3. The van der Waals surface area contributed by atoms with Crippen LogP contribution in [0.1, 0.15) is 5.56 Å². The number of likely N-dealkylation sites (N-methyl/N-ethyl adjacent to an activating group) is 1. The Morgan fingerprint density at radius 3 is 2.53 bits per heavy atom. The van der Waals surface area contributed by atoms with E-state index in [1.54, 1.807) is 31.3 Å². The first-order chi connectivity index (χ1) is 8.97. The van der Waals surface area contributed by atoms with Crippen LogP contribution in [0.4, 0.5) is 8.78 Å². The van der Waals surface area contributed by atoms with Crippen molar-refractivity contribution in [2.75, 3.05) is 26.7 Å². The number of hydrogen-bond donors (Lipinski definition) is 1. The average molecular weight is 273 g/mol. The van der Waals surface area contributed by atoms with Gasteiger partial charge in [0, 0.05) is 6.54 Å². The van der Waals surface area contributed by atoms with Gasteiger partial charge in [0.15, 0.2) is 0 Å². The SMILES string of the molecule is CN(CCOc1ccc(CC(=O)O)cc1)CC(F)F. The molecule has 1 aromatic rings. The molecule has 0 aliphatic carbocycles. The van der Waals surface area contributed by atoms with Crippen molar-refractivity contribution >= 4 is 5.97 Å². The molecular formula is C13H17F2NO3. The van der Waals surface area contributed by atoms with Gasteiger partial charge >= 0.3 is 5.97 Å². The molecule has 0 spiro atoms. The van der Waals surface area contributed by atoms with E-state index in [2.05, 4.69) is 0 Å². The molecule has 0 atom stereocenters. The van der Waals surface area contributed by atoms with Gasteiger partial charge in [-0.05, 0) is 24.7 Å². The molecule has 1 rings (SSSR count). The fourth-order valence-corrected chi connectivity index (χ4v) is 1.52. The number of halogens is 2. The highest BCUT2D eigenvalue weighted by molar-refractivity contribution is 5.70. The Morgan fingerprint density at radius 2 is 2.00 bits per heavy atom. The van der Waals surface area contributed by atoms with E-state index >= 15 is 0 Å². The zero-order valence-electron chi connectivity index (χ0n) is 10.7. The van der Waals surface area contributed by atoms with Crippen LogP contribution in [0, 0.1) is 0 Å². The van der Waals surface area contributed by atoms with Gasteiger partial charge in [-0.1, -0.05) is 12.1 Å². The maximum Gasteiger partial charge on any atom is 0.307 e. The topological polar surface area (TPSA) is 49.8 Å². The van der Waals surface area contributed by atoms with Gasteiger partial charge in [0.25, 0.3) is 6.43 Å². The smallest absolute Gasteiger partial charge is 0.307 e. The quantitative estimate of drug-likeness (QED) is 0.786. The predicted octanol–water partition coefficient (Wildman–Crippen LogP) is 1.89. The van der Waals surface area contributed by atoms with Crippen molar-refractivity contribution in [2.45, 2.75) is 12.8 Å². The molecule has 0 saturated heterocycles. The van der Waals surface area contributed by atoms with E-state index in [0.29, 0.717) is 24.5 Å². The van der Waals surface area contributed by atoms with Crippen LogP contribution < -0.4 is 4.74 Å². The third kappa shape index (κ3) is 6.71. The molecule has 19 heavy (non-hydrogen) atoms. The summed E-state index contributed by atoms with van der Waals surface area (Å²) in [6, 6.07) is 6.69. The summed E-state index contributed by atoms with van der Waals surface area (Å²) >= 11 is 0. The van der Waals surface area contributed by atoms with Gasteiger partial charge < -0.3 is 9.84 Å². The highest BCUT2D eigenvalue weighted by Crippen LogP contribution is 2.12. The van der Waals surface area contributed by atoms with Crippen LogP contribution in [-0.2, 0) is 11.2 Å². The molecule has 6 heteroatoms. The van der Waals surface area contributed by atoms with E-state index in [-0.39, 0.29) is 13.0 Å². The zero-order valence-corrected chi connectivity index (χ0v) is 10.7. The fourth-order valence-electron chi connectivity index (χ4n) is 1.52. The standard InChI is InChI=1S/C13H17F2NO3/c1-16(9-12(14)15)6-7-19-11-4-2-10(3-5-11)8-13(17)18/h2-5,12H,6-9H2,1H3,(H,17,18). The molecule has 0 aliphatic heterocycles. The summed E-state index contributed by atoms with van der Waals surface area (Å²) < 4.78 is 29.5. The second kappa shape index (κ2) is 7.68. The van der Waals surface area contributed by atoms with Gasteiger partial charge in [0.05, 0.1) is 13.0 Å². The summed E-state index contributed by atoms with van der Waals surface area (Å²) in [7, 11) is 1.60. The Balaban J connectivity index is 2.31. The first-order valence-corrected chi connectivity index (χ1v) is 5.87. The lowest BCUT2D eigenvalue weighted by Crippen LogP contribution is -2.28. The number of carboxylic acids is 1. The van der Waals surface area contributed by atoms with Gasteiger partial charge in [0.2, 0.25) is 0 Å². The molecule has 4 nitrogen and oxygen atoms in total. The van der Waals surface area contributed by atoms with Crippen molar-refractivity contribution in [1.82, 2.24) is 4.90 Å². The monoisotopic (exact) mass is 273 g/mol. The van der Waals surface area contributed by atoms with Crippen LogP contribution >= 0.6 is 0 Å². The molecule has 106 valence electrons. The largest absolute Gasteiger partial charge is 0.492 e. The van der Waals surface area contributed by atoms with Crippen molar-refractivity contribution in [3.05, 3.63) is 29.8 Å². The molecule has 1 aromatic carbocycles. The lowest BCUT2D eigenvalue weighted by molar-refractivity contribution is -0.136. The van der Waals surface area contributed by atoms with Crippen LogP contribution in [0.5, 0.6) is 5.75 Å². The van der Waals surface area contributed by atoms with Crippen molar-refractivity contribution < 1.29 is 23.4 Å². The molecule has 1 N–H and O–H groups in total. The first-order valence-electron chi connectivity index (χ1n) is 5.87. The molecular weight excluding hydrogens is 256 g/mol. The fraction of sp³-hybridized carbons (Fsp3) is 0.462. The molecule has 0 aromatic heterocycles. The number of hydrogen-bond acceptors (Lipinski definition) is 3. The Kier molecular flexibility index (Phi) is 6.21. The Labute approximate surface area is 110 Å². The lowest BCUT2D eigenvalue weighted by atomic mass is 10.1. The number of alkyl halides is 2. The van der Waals surface area contributed by atoms with Gasteiger partial charge in [-0.15, -0.1) is 0 Å². The zero-order chi connectivity index (χ0) is 14.3. The second-order valence-electron chi connectivity index (χ2n) is 4.22. The van der Waals surface area contributed by atoms with E-state index in [1.807, 2.05) is 0 Å². The molecule has 0 aliphatic rings. The Morgan fingerprint density at radius 1 is 1.37 bits per heavy atom. The van der Waals surface area contributed by atoms with E-state index < -0.39 is 12.4 Å². The minimum Gasteiger partial charge on any atom is -0.492 e. The van der Waals surface area contributed by atoms with E-state index in [1.165, 1.54) is 4.90 Å². The molecule has 0 amide bonds. The minimum absolute atomic E-state index is 0.0304. The number of benzene rings is 1. The van der Waals surface area contributed by atoms with E-state index in [9.17, 15) is 13.6 Å². The van der Waals surface area contributed by atoms with Crippen molar-refractivity contribution in [3.63, 3.8) is 0 Å². The summed E-state index contributed by atoms with van der Waals surface area (Å²) in [5.74, 6) is -0.290. The summed E-state index contributed by atoms with van der Waals surface area (Å²) in [6.45, 7) is 0.434. The summed E-state index contributed by atoms with van der Waals surface area (Å²) in [5.41, 5.74) is 0.690. The maximum absolute atomic E-state index is 12.1. The van der Waals surface area contributed by atoms with Crippen LogP contribution in [0.2, 0.25) is 0 Å². The molecule has 0 saturated carbocycles. The van der Waals surface area contributed by atoms with Gasteiger partial charge in [-0.25, -0.2) is 8.78 Å². The number of rotatable bonds is 8. The first kappa shape index (κ1) is 15.4. The summed E-state index contributed by atoms with van der Waals surface area (Å²) in [6.07, 6.45) is -2.38. The second-order valence-corrected chi connectivity index (χ2v) is 4.22. The third-order valence-electron chi connectivity index (χ3n) is 2.47. The lowest BCUT2D eigenvalue weighted by Gasteiger charge is -2.16. The van der Waals surface area contributed by atoms with Crippen molar-refractivity contribution in [3.8, 4) is 5.75 Å². The number of aliphatic carboxylic acids is 1. The Hall–Kier alpha value is -1.69. The summed E-state index contributed by atoms with van der Waals surface area (Å²) in [5, 5.41) is 8.61. The molecule has 0 fully saturated rings. The number of ether oxygens (including phenoxy) is 1. The molecule has 0 bridgehead atoms. The number of nitrogens with zero attached hydrogens (tertiary/aromatic N) is 1. The molecule has 0 radical (unpaired) electrons. The maximum atomic E-state index is 12.1. The molecule has 0 unspecified atom stereocenters. The third-order valence-corrected chi connectivity index (χ3v) is 2.47. The van der Waals surface area contributed by atoms with Crippen LogP contribution in [0.25, 0.3) is 0 Å². The highest BCUT2D eigenvalue weighted by Gasteiger charge is 2.07. The van der Waals surface area contributed by atoms with Crippen molar-refractivity contribution in [2.24, 2.45) is 0 Å². The molecule has 0 heterocycles. The van der Waals surface area contributed by atoms with Crippen LogP contribution in [-0.4, -0.2) is 49.1 Å². The van der Waals surface area contributed by atoms with Gasteiger partial charge in [0.1, 0.15) is 12.4 Å². The minimum atomic E-state index is -2.35. The van der Waals surface area contributed by atoms with E-state index in [0.717, 1.165) is 0 Å². The summed E-state index contributed by atoms with van der Waals surface area (Å²) in [4.78, 5) is 12.0. The average Bonchev–Trinajstić information content (AvgIpc) is 2.29. The predicted molar refractivity (Wildman–Crippen MR) is 66.8 cm³/mol. The Bertz CT molecular complexity index is 395. The van der Waals surface area contributed by atoms with Crippen molar-refractivity contribution in [1.29, 1.82) is 0 Å². The van der Waals surface area contributed by atoms with Crippen LogP contribution in [0.15, 0.2) is 24.3 Å². The van der Waals surface area contributed by atoms with Gasteiger partial charge in [-0.3, -0.25) is 9.69 Å². The normalized spacial score (nSPS) is 11.0. The van der Waals surface area contributed by atoms with Crippen LogP contribution in [0.3, 0.4) is 0 Å².